The number of halogens is 2. The SMILES string of the molecule is CCOC(=O)CCN(C(=O)c1ccc2c(c1)nc(CNc1ccc(/C(N)=N/C(=O)OCCCCC(F)F)cc1)n2C)c1ccccn1. The quantitative estimate of drug-likeness (QED) is 0.0740. The fourth-order valence-electron chi connectivity index (χ4n) is 4.66. The number of nitrogens with zero attached hydrogens (tertiary/aromatic N) is 5. The smallest absolute Gasteiger partial charge is 0.435 e. The van der Waals surface area contributed by atoms with Crippen LogP contribution in [0.25, 0.3) is 11.0 Å². The third kappa shape index (κ3) is 9.79. The van der Waals surface area contributed by atoms with Crippen LogP contribution < -0.4 is 16.0 Å². The van der Waals surface area contributed by atoms with E-state index < -0.39 is 18.5 Å². The zero-order chi connectivity index (χ0) is 33.8. The average Bonchev–Trinajstić information content (AvgIpc) is 3.38. The summed E-state index contributed by atoms with van der Waals surface area (Å²) in [5, 5.41) is 3.30. The maximum atomic E-state index is 13.6. The number of amides is 2. The Hall–Kier alpha value is -5.40. The van der Waals surface area contributed by atoms with Gasteiger partial charge in [0.25, 0.3) is 5.91 Å². The summed E-state index contributed by atoms with van der Waals surface area (Å²) in [4.78, 5) is 51.7. The molecule has 0 saturated carbocycles. The number of imidazole rings is 1. The number of amidine groups is 1. The Morgan fingerprint density at radius 2 is 1.81 bits per heavy atom. The minimum absolute atomic E-state index is 0.00819. The van der Waals surface area contributed by atoms with E-state index in [1.165, 1.54) is 4.90 Å². The summed E-state index contributed by atoms with van der Waals surface area (Å²) in [7, 11) is 1.88. The number of alkyl halides is 2. The van der Waals surface area contributed by atoms with Gasteiger partial charge in [-0.25, -0.2) is 23.5 Å². The molecule has 14 heteroatoms. The zero-order valence-electron chi connectivity index (χ0n) is 26.2. The molecule has 0 saturated heterocycles. The van der Waals surface area contributed by atoms with Crippen molar-refractivity contribution >= 4 is 46.3 Å². The summed E-state index contributed by atoms with van der Waals surface area (Å²) in [5.74, 6) is 0.393. The lowest BCUT2D eigenvalue weighted by atomic mass is 10.1. The van der Waals surface area contributed by atoms with E-state index in [0.717, 1.165) is 17.0 Å². The summed E-state index contributed by atoms with van der Waals surface area (Å²) in [6.45, 7) is 2.46. The molecule has 0 aliphatic carbocycles. The van der Waals surface area contributed by atoms with Gasteiger partial charge in [-0.1, -0.05) is 6.07 Å². The van der Waals surface area contributed by atoms with Crippen molar-refractivity contribution in [2.45, 2.75) is 45.6 Å². The number of nitrogens with one attached hydrogen (secondary N) is 1. The van der Waals surface area contributed by atoms with E-state index in [1.54, 1.807) is 67.7 Å². The number of fused-ring (bicyclic) bond motifs is 1. The van der Waals surface area contributed by atoms with Crippen LogP contribution in [0.5, 0.6) is 0 Å². The van der Waals surface area contributed by atoms with Gasteiger partial charge >= 0.3 is 12.1 Å². The van der Waals surface area contributed by atoms with Crippen LogP contribution in [-0.2, 0) is 27.9 Å². The molecule has 0 atom stereocenters. The Labute approximate surface area is 270 Å². The second kappa shape index (κ2) is 16.8. The first-order valence-electron chi connectivity index (χ1n) is 15.1. The van der Waals surface area contributed by atoms with Gasteiger partial charge < -0.3 is 25.1 Å². The predicted octanol–water partition coefficient (Wildman–Crippen LogP) is 5.46. The fourth-order valence-corrected chi connectivity index (χ4v) is 4.66. The van der Waals surface area contributed by atoms with Gasteiger partial charge in [0.05, 0.1) is 37.2 Å². The molecule has 0 bridgehead atoms. The summed E-state index contributed by atoms with van der Waals surface area (Å²) < 4.78 is 36.3. The number of nitrogens with two attached hydrogens (primary N) is 1. The van der Waals surface area contributed by atoms with Gasteiger partial charge in [-0.2, -0.15) is 4.99 Å². The van der Waals surface area contributed by atoms with Gasteiger partial charge in [0, 0.05) is 43.0 Å². The van der Waals surface area contributed by atoms with E-state index in [1.807, 2.05) is 17.7 Å². The van der Waals surface area contributed by atoms with Crippen LogP contribution in [0.4, 0.5) is 25.1 Å². The Morgan fingerprint density at radius 3 is 2.51 bits per heavy atom. The third-order valence-electron chi connectivity index (χ3n) is 7.12. The lowest BCUT2D eigenvalue weighted by molar-refractivity contribution is -0.142. The normalized spacial score (nSPS) is 11.5. The fraction of sp³-hybridized carbons (Fsp3) is 0.333. The van der Waals surface area contributed by atoms with Gasteiger partial charge in [-0.05, 0) is 74.4 Å². The van der Waals surface area contributed by atoms with E-state index in [2.05, 4.69) is 15.3 Å². The first-order chi connectivity index (χ1) is 22.7. The molecule has 0 radical (unpaired) electrons. The van der Waals surface area contributed by atoms with E-state index in [-0.39, 0.29) is 50.8 Å². The summed E-state index contributed by atoms with van der Waals surface area (Å²) >= 11 is 0. The molecule has 2 heterocycles. The van der Waals surface area contributed by atoms with Crippen molar-refractivity contribution < 1.29 is 32.6 Å². The number of carbonyl (C=O) groups excluding carboxylic acids is 3. The number of aryl methyl sites for hydroxylation is 1. The molecule has 3 N–H and O–H groups in total. The lowest BCUT2D eigenvalue weighted by Gasteiger charge is -2.21. The van der Waals surface area contributed by atoms with Crippen molar-refractivity contribution in [3.05, 3.63) is 83.8 Å². The van der Waals surface area contributed by atoms with Gasteiger partial charge in [-0.3, -0.25) is 14.5 Å². The molecule has 4 aromatic rings. The molecular weight excluding hydrogens is 612 g/mol. The van der Waals surface area contributed by atoms with Crippen LogP contribution in [0.3, 0.4) is 0 Å². The van der Waals surface area contributed by atoms with Crippen molar-refractivity contribution in [3.8, 4) is 0 Å². The molecule has 2 amide bonds. The Kier molecular flexibility index (Phi) is 12.3. The number of pyridine rings is 1. The van der Waals surface area contributed by atoms with Crippen LogP contribution in [0.15, 0.2) is 71.9 Å². The van der Waals surface area contributed by atoms with Gasteiger partial charge in [-0.15, -0.1) is 0 Å². The number of benzene rings is 2. The second-order valence-electron chi connectivity index (χ2n) is 10.4. The minimum atomic E-state index is -2.38. The molecule has 2 aromatic heterocycles. The highest BCUT2D eigenvalue weighted by Gasteiger charge is 2.21. The molecule has 0 aliphatic rings. The Morgan fingerprint density at radius 1 is 1.04 bits per heavy atom. The standard InChI is InChI=1S/C33H37F2N7O5/c1-3-46-30(43)16-18-42(28-9-4-6-17-37-28)32(44)23-12-15-26-25(20-23)39-29(41(26)2)21-38-24-13-10-22(11-14-24)31(36)40-33(45)47-19-7-5-8-27(34)35/h4,6,9-15,17,20,27,38H,3,5,7-8,16,18-19,21H2,1-2H3,(H2,36,40,45). The number of anilines is 2. The van der Waals surface area contributed by atoms with E-state index in [4.69, 9.17) is 20.2 Å². The van der Waals surface area contributed by atoms with Crippen LogP contribution in [-0.4, -0.2) is 64.5 Å². The van der Waals surface area contributed by atoms with Gasteiger partial charge in [0.1, 0.15) is 17.5 Å². The molecule has 0 unspecified atom stereocenters. The van der Waals surface area contributed by atoms with Crippen molar-refractivity contribution in [2.75, 3.05) is 30.0 Å². The summed E-state index contributed by atoms with van der Waals surface area (Å²) in [6.07, 6.45) is -1.32. The second-order valence-corrected chi connectivity index (χ2v) is 10.4. The number of aliphatic imine (C=N–C) groups is 1. The van der Waals surface area contributed by atoms with Crippen LogP contribution in [0.2, 0.25) is 0 Å². The zero-order valence-corrected chi connectivity index (χ0v) is 26.2. The van der Waals surface area contributed by atoms with Crippen LogP contribution in [0.1, 0.15) is 54.4 Å². The average molecular weight is 650 g/mol. The molecule has 0 aliphatic heterocycles. The molecule has 12 nitrogen and oxygen atoms in total. The molecule has 47 heavy (non-hydrogen) atoms. The molecule has 0 spiro atoms. The molecule has 248 valence electrons. The van der Waals surface area contributed by atoms with Crippen molar-refractivity contribution in [2.24, 2.45) is 17.8 Å². The van der Waals surface area contributed by atoms with E-state index >= 15 is 0 Å². The minimum Gasteiger partial charge on any atom is -0.466 e. The molecule has 0 fully saturated rings. The van der Waals surface area contributed by atoms with Gasteiger partial charge in [0.15, 0.2) is 0 Å². The highest BCUT2D eigenvalue weighted by Crippen LogP contribution is 2.21. The lowest BCUT2D eigenvalue weighted by Crippen LogP contribution is -2.34. The predicted molar refractivity (Wildman–Crippen MR) is 174 cm³/mol. The highest BCUT2D eigenvalue weighted by atomic mass is 19.3. The van der Waals surface area contributed by atoms with Crippen LogP contribution >= 0.6 is 0 Å². The summed E-state index contributed by atoms with van der Waals surface area (Å²) in [5.41, 5.74) is 9.06. The first-order valence-corrected chi connectivity index (χ1v) is 15.1. The van der Waals surface area contributed by atoms with Crippen molar-refractivity contribution in [1.29, 1.82) is 0 Å². The van der Waals surface area contributed by atoms with Crippen molar-refractivity contribution in [1.82, 2.24) is 14.5 Å². The number of carbonyl (C=O) groups is 3. The topological polar surface area (TPSA) is 154 Å². The van der Waals surface area contributed by atoms with E-state index in [0.29, 0.717) is 35.4 Å². The number of ether oxygens (including phenoxy) is 2. The number of hydrogen-bond donors (Lipinski definition) is 2. The number of unbranched alkanes of at least 4 members (excludes halogenated alkanes) is 1. The maximum absolute atomic E-state index is 13.6. The first kappa shape index (κ1) is 34.5. The number of aromatic nitrogens is 3. The largest absolute Gasteiger partial charge is 0.466 e. The number of rotatable bonds is 15. The maximum Gasteiger partial charge on any atom is 0.435 e. The van der Waals surface area contributed by atoms with Gasteiger partial charge in [0.2, 0.25) is 6.43 Å². The van der Waals surface area contributed by atoms with E-state index in [9.17, 15) is 23.2 Å². The Bertz CT molecular complexity index is 1700. The summed E-state index contributed by atoms with van der Waals surface area (Å²) in [6, 6.07) is 17.4. The molecule has 4 rings (SSSR count). The number of esters is 1. The molecule has 2 aromatic carbocycles. The van der Waals surface area contributed by atoms with Crippen molar-refractivity contribution in [3.63, 3.8) is 0 Å². The molecular formula is C33H37F2N7O5. The monoisotopic (exact) mass is 649 g/mol. The highest BCUT2D eigenvalue weighted by molar-refractivity contribution is 6.07. The Balaban J connectivity index is 1.39. The third-order valence-corrected chi connectivity index (χ3v) is 7.12. The number of hydrogen-bond acceptors (Lipinski definition) is 8. The van der Waals surface area contributed by atoms with Crippen LogP contribution in [0, 0.1) is 0 Å².